The number of allylic oxidation sites excluding steroid dienone is 1. The molecule has 0 amide bonds. The second kappa shape index (κ2) is 8.52. The van der Waals surface area contributed by atoms with Gasteiger partial charge >= 0.3 is 0 Å². The lowest BCUT2D eigenvalue weighted by atomic mass is 9.95. The van der Waals surface area contributed by atoms with E-state index in [9.17, 15) is 0 Å². The number of nitrogens with zero attached hydrogens (tertiary/aromatic N) is 3. The molecule has 1 aromatic carbocycles. The van der Waals surface area contributed by atoms with E-state index in [1.165, 1.54) is 11.3 Å². The minimum Gasteiger partial charge on any atom is -0.378 e. The summed E-state index contributed by atoms with van der Waals surface area (Å²) in [7, 11) is 0. The predicted molar refractivity (Wildman–Crippen MR) is 129 cm³/mol. The quantitative estimate of drug-likeness (QED) is 0.645. The lowest BCUT2D eigenvalue weighted by Gasteiger charge is -2.30. The maximum Gasteiger partial charge on any atom is 0.153 e. The van der Waals surface area contributed by atoms with E-state index in [0.29, 0.717) is 0 Å². The molecule has 32 heavy (non-hydrogen) atoms. The molecule has 1 N–H and O–H groups in total. The number of pyridine rings is 1. The van der Waals surface area contributed by atoms with Crippen LogP contribution in [0.2, 0.25) is 0 Å². The third-order valence-corrected chi connectivity index (χ3v) is 5.79. The Morgan fingerprint density at radius 2 is 1.97 bits per heavy atom. The highest BCUT2D eigenvalue weighted by Crippen LogP contribution is 2.33. The van der Waals surface area contributed by atoms with Crippen LogP contribution in [0, 0.1) is 0 Å². The molecular weight excluding hydrogens is 400 g/mol. The van der Waals surface area contributed by atoms with Gasteiger partial charge in [-0.3, -0.25) is 4.99 Å². The maximum atomic E-state index is 6.34. The van der Waals surface area contributed by atoms with Gasteiger partial charge in [-0.1, -0.05) is 12.1 Å². The standard InChI is InChI=1S/C26H30N4O2/c1-26(2,3)32-24-16-19(22-17-28-25-21(22)8-5-9-27-25)15-23(29-24)18-6-4-7-20(14-18)30-10-12-31-13-11-30/h4-9,14-15,17,24H,10-13,16H2,1-3H3,(H,27,28). The van der Waals surface area contributed by atoms with E-state index in [-0.39, 0.29) is 11.8 Å². The molecule has 1 saturated heterocycles. The van der Waals surface area contributed by atoms with Crippen molar-refractivity contribution in [3.8, 4) is 0 Å². The van der Waals surface area contributed by atoms with Crippen LogP contribution in [-0.2, 0) is 9.47 Å². The first-order chi connectivity index (χ1) is 15.5. The number of hydrogen-bond donors (Lipinski definition) is 1. The molecule has 0 radical (unpaired) electrons. The molecule has 2 aliphatic heterocycles. The van der Waals surface area contributed by atoms with E-state index in [1.54, 1.807) is 0 Å². The van der Waals surface area contributed by atoms with Crippen molar-refractivity contribution >= 4 is 28.0 Å². The smallest absolute Gasteiger partial charge is 0.153 e. The van der Waals surface area contributed by atoms with Gasteiger partial charge in [0, 0.05) is 54.1 Å². The van der Waals surface area contributed by atoms with Crippen LogP contribution in [0.25, 0.3) is 16.6 Å². The Labute approximate surface area is 189 Å². The summed E-state index contributed by atoms with van der Waals surface area (Å²) in [6.07, 6.45) is 6.55. The van der Waals surface area contributed by atoms with E-state index in [4.69, 9.17) is 14.5 Å². The topological polar surface area (TPSA) is 62.7 Å². The summed E-state index contributed by atoms with van der Waals surface area (Å²) in [5, 5.41) is 1.12. The third-order valence-electron chi connectivity index (χ3n) is 5.79. The van der Waals surface area contributed by atoms with Gasteiger partial charge in [0.05, 0.1) is 24.5 Å². The molecule has 5 rings (SSSR count). The molecule has 1 unspecified atom stereocenters. The molecule has 1 atom stereocenters. The molecule has 0 saturated carbocycles. The van der Waals surface area contributed by atoms with E-state index >= 15 is 0 Å². The highest BCUT2D eigenvalue weighted by molar-refractivity contribution is 6.14. The summed E-state index contributed by atoms with van der Waals surface area (Å²) in [4.78, 5) is 15.1. The number of dihydropyridines is 1. The van der Waals surface area contributed by atoms with Crippen molar-refractivity contribution < 1.29 is 9.47 Å². The Bertz CT molecular complexity index is 1170. The number of aromatic amines is 1. The van der Waals surface area contributed by atoms with Gasteiger partial charge in [0.2, 0.25) is 0 Å². The van der Waals surface area contributed by atoms with Gasteiger partial charge in [-0.05, 0) is 56.7 Å². The molecule has 6 heteroatoms. The van der Waals surface area contributed by atoms with Crippen LogP contribution in [0.4, 0.5) is 5.69 Å². The number of anilines is 1. The maximum absolute atomic E-state index is 6.34. The lowest BCUT2D eigenvalue weighted by Crippen LogP contribution is -2.36. The van der Waals surface area contributed by atoms with E-state index in [2.05, 4.69) is 72.0 Å². The monoisotopic (exact) mass is 430 g/mol. The SMILES string of the molecule is CC(C)(C)OC1CC(c2c[nH]c3ncccc23)=CC(c2cccc(N3CCOCC3)c2)=N1. The number of benzene rings is 1. The Balaban J connectivity index is 1.54. The van der Waals surface area contributed by atoms with Gasteiger partial charge in [0.1, 0.15) is 5.65 Å². The molecule has 0 spiro atoms. The minimum atomic E-state index is -0.279. The first kappa shape index (κ1) is 20.9. The van der Waals surface area contributed by atoms with Crippen LogP contribution < -0.4 is 4.90 Å². The second-order valence-electron chi connectivity index (χ2n) is 9.32. The third kappa shape index (κ3) is 4.47. The molecule has 2 aliphatic rings. The zero-order valence-corrected chi connectivity index (χ0v) is 19.0. The molecule has 6 nitrogen and oxygen atoms in total. The number of fused-ring (bicyclic) bond motifs is 1. The van der Waals surface area contributed by atoms with Crippen molar-refractivity contribution in [3.05, 3.63) is 66.0 Å². The highest BCUT2D eigenvalue weighted by atomic mass is 16.5. The number of aliphatic imine (C=N–C) groups is 1. The van der Waals surface area contributed by atoms with Gasteiger partial charge in [0.25, 0.3) is 0 Å². The first-order valence-corrected chi connectivity index (χ1v) is 11.3. The summed E-state index contributed by atoms with van der Waals surface area (Å²) in [5.41, 5.74) is 6.25. The summed E-state index contributed by atoms with van der Waals surface area (Å²) in [6.45, 7) is 9.60. The Hall–Kier alpha value is -2.96. The van der Waals surface area contributed by atoms with Gasteiger partial charge in [0.15, 0.2) is 6.23 Å². The molecular formula is C26H30N4O2. The predicted octanol–water partition coefficient (Wildman–Crippen LogP) is 4.82. The lowest BCUT2D eigenvalue weighted by molar-refractivity contribution is -0.0530. The minimum absolute atomic E-state index is 0.237. The van der Waals surface area contributed by atoms with E-state index < -0.39 is 0 Å². The fourth-order valence-electron chi connectivity index (χ4n) is 4.38. The fourth-order valence-corrected chi connectivity index (χ4v) is 4.38. The number of hydrogen-bond acceptors (Lipinski definition) is 5. The van der Waals surface area contributed by atoms with Gasteiger partial charge in [-0.15, -0.1) is 0 Å². The largest absolute Gasteiger partial charge is 0.378 e. The molecule has 4 heterocycles. The summed E-state index contributed by atoms with van der Waals surface area (Å²) in [5.74, 6) is 0. The van der Waals surface area contributed by atoms with Crippen molar-refractivity contribution in [2.24, 2.45) is 4.99 Å². The van der Waals surface area contributed by atoms with Crippen LogP contribution in [0.1, 0.15) is 38.3 Å². The van der Waals surface area contributed by atoms with Crippen LogP contribution in [0.15, 0.2) is 59.9 Å². The average molecular weight is 431 g/mol. The number of H-pyrrole nitrogens is 1. The van der Waals surface area contributed by atoms with Crippen molar-refractivity contribution in [2.45, 2.75) is 39.0 Å². The van der Waals surface area contributed by atoms with Crippen molar-refractivity contribution in [3.63, 3.8) is 0 Å². The van der Waals surface area contributed by atoms with Gasteiger partial charge < -0.3 is 19.4 Å². The zero-order valence-electron chi connectivity index (χ0n) is 19.0. The fraction of sp³-hybridized carbons (Fsp3) is 0.385. The van der Waals surface area contributed by atoms with Crippen LogP contribution in [0.5, 0.6) is 0 Å². The average Bonchev–Trinajstić information content (AvgIpc) is 3.23. The van der Waals surface area contributed by atoms with E-state index in [0.717, 1.165) is 60.6 Å². The van der Waals surface area contributed by atoms with Gasteiger partial charge in [-0.2, -0.15) is 0 Å². The van der Waals surface area contributed by atoms with E-state index in [1.807, 2.05) is 18.5 Å². The number of ether oxygens (including phenoxy) is 2. The first-order valence-electron chi connectivity index (χ1n) is 11.3. The van der Waals surface area contributed by atoms with Gasteiger partial charge in [-0.25, -0.2) is 4.98 Å². The molecule has 0 aliphatic carbocycles. The summed E-state index contributed by atoms with van der Waals surface area (Å²) >= 11 is 0. The second-order valence-corrected chi connectivity index (χ2v) is 9.32. The Morgan fingerprint density at radius 1 is 1.12 bits per heavy atom. The van der Waals surface area contributed by atoms with Crippen LogP contribution in [-0.4, -0.2) is 53.8 Å². The molecule has 3 aromatic rings. The van der Waals surface area contributed by atoms with Crippen molar-refractivity contribution in [1.82, 2.24) is 9.97 Å². The molecule has 2 aromatic heterocycles. The molecule has 166 valence electrons. The normalized spacial score (nSPS) is 19.7. The summed E-state index contributed by atoms with van der Waals surface area (Å²) < 4.78 is 11.9. The number of morpholine rings is 1. The van der Waals surface area contributed by atoms with Crippen LogP contribution >= 0.6 is 0 Å². The number of aromatic nitrogens is 2. The van der Waals surface area contributed by atoms with Crippen molar-refractivity contribution in [2.75, 3.05) is 31.2 Å². The summed E-state index contributed by atoms with van der Waals surface area (Å²) in [6, 6.07) is 12.7. The Morgan fingerprint density at radius 3 is 2.78 bits per heavy atom. The zero-order chi connectivity index (χ0) is 22.1. The Kier molecular flexibility index (Phi) is 5.57. The highest BCUT2D eigenvalue weighted by Gasteiger charge is 2.25. The molecule has 1 fully saturated rings. The number of rotatable bonds is 4. The molecule has 0 bridgehead atoms. The number of nitrogens with one attached hydrogen (secondary N) is 1. The van der Waals surface area contributed by atoms with Crippen molar-refractivity contribution in [1.29, 1.82) is 0 Å². The van der Waals surface area contributed by atoms with Crippen LogP contribution in [0.3, 0.4) is 0 Å².